The lowest BCUT2D eigenvalue weighted by atomic mass is 9.96. The summed E-state index contributed by atoms with van der Waals surface area (Å²) in [5, 5.41) is 2.38. The lowest BCUT2D eigenvalue weighted by Gasteiger charge is -2.22. The summed E-state index contributed by atoms with van der Waals surface area (Å²) in [6, 6.07) is 0. The minimum atomic E-state index is -0.715. The van der Waals surface area contributed by atoms with E-state index in [1.807, 2.05) is 13.8 Å². The maximum absolute atomic E-state index is 11.7. The molecule has 7 heteroatoms. The number of nitrogens with one attached hydrogen (secondary N) is 2. The Hall–Kier alpha value is -2.33. The fourth-order valence-corrected chi connectivity index (χ4v) is 1.43. The first-order chi connectivity index (χ1) is 9.38. The van der Waals surface area contributed by atoms with E-state index < -0.39 is 11.8 Å². The Morgan fingerprint density at radius 1 is 1.55 bits per heavy atom. The lowest BCUT2D eigenvalue weighted by molar-refractivity contribution is 0.0452. The Morgan fingerprint density at radius 3 is 2.85 bits per heavy atom. The number of amides is 1. The van der Waals surface area contributed by atoms with Gasteiger partial charge >= 0.3 is 11.8 Å². The second-order valence-electron chi connectivity index (χ2n) is 4.92. The highest BCUT2D eigenvalue weighted by Crippen LogP contribution is 2.16. The van der Waals surface area contributed by atoms with Crippen LogP contribution in [0.2, 0.25) is 0 Å². The summed E-state index contributed by atoms with van der Waals surface area (Å²) >= 11 is 0. The maximum Gasteiger partial charge on any atom is 0.412 e. The van der Waals surface area contributed by atoms with Crippen molar-refractivity contribution in [2.24, 2.45) is 5.41 Å². The van der Waals surface area contributed by atoms with Gasteiger partial charge in [0.25, 0.3) is 0 Å². The lowest BCUT2D eigenvalue weighted by Crippen LogP contribution is -2.29. The van der Waals surface area contributed by atoms with Crippen LogP contribution in [0.3, 0.4) is 0 Å². The highest BCUT2D eigenvalue weighted by atomic mass is 16.6. The van der Waals surface area contributed by atoms with Crippen LogP contribution in [-0.4, -0.2) is 36.4 Å². The van der Waals surface area contributed by atoms with Gasteiger partial charge < -0.3 is 9.47 Å². The van der Waals surface area contributed by atoms with Gasteiger partial charge in [0, 0.05) is 12.5 Å². The highest BCUT2D eigenvalue weighted by molar-refractivity contribution is 5.84. The number of ether oxygens (including phenoxy) is 2. The summed E-state index contributed by atoms with van der Waals surface area (Å²) < 4.78 is 10.1. The van der Waals surface area contributed by atoms with Crippen LogP contribution in [0.15, 0.2) is 11.0 Å². The predicted octanol–water partition coefficient (Wildman–Crippen LogP) is 0.972. The first-order valence-electron chi connectivity index (χ1n) is 5.86. The number of anilines is 1. The van der Waals surface area contributed by atoms with Crippen molar-refractivity contribution in [1.82, 2.24) is 9.97 Å². The van der Waals surface area contributed by atoms with Crippen molar-refractivity contribution in [3.8, 4) is 12.3 Å². The van der Waals surface area contributed by atoms with Crippen molar-refractivity contribution in [3.05, 3.63) is 22.2 Å². The molecule has 0 aliphatic carbocycles. The number of carbonyl (C=O) groups is 1. The normalized spacial score (nSPS) is 10.7. The van der Waals surface area contributed by atoms with Gasteiger partial charge in [-0.3, -0.25) is 10.3 Å². The molecule has 0 aliphatic heterocycles. The van der Waals surface area contributed by atoms with Crippen LogP contribution < -0.4 is 11.0 Å². The number of methoxy groups -OCH3 is 1. The van der Waals surface area contributed by atoms with Crippen molar-refractivity contribution < 1.29 is 14.3 Å². The second-order valence-corrected chi connectivity index (χ2v) is 4.92. The van der Waals surface area contributed by atoms with Crippen LogP contribution in [0.5, 0.6) is 0 Å². The van der Waals surface area contributed by atoms with E-state index in [2.05, 4.69) is 21.2 Å². The maximum atomic E-state index is 11.7. The number of hydrogen-bond acceptors (Lipinski definition) is 5. The van der Waals surface area contributed by atoms with E-state index in [0.29, 0.717) is 6.61 Å². The van der Waals surface area contributed by atoms with E-state index in [9.17, 15) is 9.59 Å². The molecule has 1 amide bonds. The molecule has 0 saturated heterocycles. The second kappa shape index (κ2) is 6.73. The molecular weight excluding hydrogens is 262 g/mol. The van der Waals surface area contributed by atoms with Crippen molar-refractivity contribution >= 4 is 11.9 Å². The smallest absolute Gasteiger partial charge is 0.412 e. The number of rotatable bonds is 5. The highest BCUT2D eigenvalue weighted by Gasteiger charge is 2.20. The first kappa shape index (κ1) is 15.7. The van der Waals surface area contributed by atoms with Crippen LogP contribution >= 0.6 is 0 Å². The van der Waals surface area contributed by atoms with Gasteiger partial charge in [0.1, 0.15) is 12.4 Å². The number of aromatic amines is 1. The number of terminal acetylenes is 1. The summed E-state index contributed by atoms with van der Waals surface area (Å²) in [5.41, 5.74) is -0.663. The van der Waals surface area contributed by atoms with Crippen LogP contribution in [0, 0.1) is 17.8 Å². The van der Waals surface area contributed by atoms with Gasteiger partial charge in [-0.15, -0.1) is 6.42 Å². The number of hydrogen-bond donors (Lipinski definition) is 2. The van der Waals surface area contributed by atoms with E-state index in [4.69, 9.17) is 15.9 Å². The molecule has 1 heterocycles. The molecule has 0 aromatic carbocycles. The van der Waals surface area contributed by atoms with E-state index >= 15 is 0 Å². The summed E-state index contributed by atoms with van der Waals surface area (Å²) in [5.74, 6) is 2.38. The Kier molecular flexibility index (Phi) is 5.29. The molecule has 1 rings (SSSR count). The Labute approximate surface area is 116 Å². The quantitative estimate of drug-likeness (QED) is 0.783. The zero-order valence-electron chi connectivity index (χ0n) is 11.6. The third-order valence-electron chi connectivity index (χ3n) is 2.32. The first-order valence-corrected chi connectivity index (χ1v) is 5.86. The molecule has 1 aromatic rings. The van der Waals surface area contributed by atoms with Gasteiger partial charge in [-0.25, -0.2) is 14.6 Å². The number of carbonyl (C=O) groups excluding carboxylic acids is 1. The molecular formula is C13H17N3O4. The molecule has 20 heavy (non-hydrogen) atoms. The zero-order chi connectivity index (χ0) is 15.2. The molecule has 0 radical (unpaired) electrons. The number of aromatic nitrogens is 2. The Balaban J connectivity index is 2.66. The van der Waals surface area contributed by atoms with E-state index in [1.165, 1.54) is 6.20 Å². The SMILES string of the molecule is C#Cc1cnc(=O)[nH]c1NC(=O)OCC(C)(C)COC. The molecule has 108 valence electrons. The summed E-state index contributed by atoms with van der Waals surface area (Å²) in [7, 11) is 1.57. The minimum absolute atomic E-state index is 0.0852. The van der Waals surface area contributed by atoms with Crippen LogP contribution in [-0.2, 0) is 9.47 Å². The molecule has 0 saturated carbocycles. The number of H-pyrrole nitrogens is 1. The van der Waals surface area contributed by atoms with E-state index in [-0.39, 0.29) is 23.4 Å². The van der Waals surface area contributed by atoms with Gasteiger partial charge in [-0.05, 0) is 0 Å². The topological polar surface area (TPSA) is 93.3 Å². The van der Waals surface area contributed by atoms with Crippen LogP contribution in [0.1, 0.15) is 19.4 Å². The van der Waals surface area contributed by atoms with Crippen molar-refractivity contribution in [1.29, 1.82) is 0 Å². The summed E-state index contributed by atoms with van der Waals surface area (Å²) in [4.78, 5) is 28.6. The molecule has 7 nitrogen and oxygen atoms in total. The largest absolute Gasteiger partial charge is 0.449 e. The van der Waals surface area contributed by atoms with E-state index in [0.717, 1.165) is 0 Å². The van der Waals surface area contributed by atoms with Crippen molar-refractivity contribution in [3.63, 3.8) is 0 Å². The Bertz CT molecular complexity index is 572. The van der Waals surface area contributed by atoms with Crippen molar-refractivity contribution in [2.45, 2.75) is 13.8 Å². The van der Waals surface area contributed by atoms with E-state index in [1.54, 1.807) is 7.11 Å². The van der Waals surface area contributed by atoms with Gasteiger partial charge in [-0.1, -0.05) is 19.8 Å². The molecule has 0 unspecified atom stereocenters. The fraction of sp³-hybridized carbons (Fsp3) is 0.462. The average Bonchev–Trinajstić information content (AvgIpc) is 2.37. The van der Waals surface area contributed by atoms with Crippen LogP contribution in [0.25, 0.3) is 0 Å². The number of nitrogens with zero attached hydrogens (tertiary/aromatic N) is 1. The Morgan fingerprint density at radius 2 is 2.25 bits per heavy atom. The third-order valence-corrected chi connectivity index (χ3v) is 2.32. The average molecular weight is 279 g/mol. The zero-order valence-corrected chi connectivity index (χ0v) is 11.6. The molecule has 0 bridgehead atoms. The molecule has 0 fully saturated rings. The summed E-state index contributed by atoms with van der Waals surface area (Å²) in [6.07, 6.45) is 5.72. The summed E-state index contributed by atoms with van der Waals surface area (Å²) in [6.45, 7) is 4.39. The van der Waals surface area contributed by atoms with Gasteiger partial charge in [-0.2, -0.15) is 0 Å². The van der Waals surface area contributed by atoms with Crippen LogP contribution in [0.4, 0.5) is 10.6 Å². The predicted molar refractivity (Wildman–Crippen MR) is 73.4 cm³/mol. The van der Waals surface area contributed by atoms with Crippen molar-refractivity contribution in [2.75, 3.05) is 25.6 Å². The van der Waals surface area contributed by atoms with Gasteiger partial charge in [0.05, 0.1) is 18.4 Å². The molecule has 0 atom stereocenters. The minimum Gasteiger partial charge on any atom is -0.449 e. The standard InChI is InChI=1S/C13H17N3O4/c1-5-9-6-14-11(17)15-10(9)16-12(18)20-8-13(2,3)7-19-4/h1,6H,7-8H2,2-4H3,(H2,14,15,16,17,18). The molecule has 0 aliphatic rings. The molecule has 2 N–H and O–H groups in total. The monoisotopic (exact) mass is 279 g/mol. The molecule has 0 spiro atoms. The van der Waals surface area contributed by atoms with Gasteiger partial charge in [0.15, 0.2) is 0 Å². The molecule has 1 aromatic heterocycles. The van der Waals surface area contributed by atoms with Gasteiger partial charge in [0.2, 0.25) is 0 Å². The third kappa shape index (κ3) is 4.74. The fourth-order valence-electron chi connectivity index (χ4n) is 1.43.